The molecule has 0 aliphatic heterocycles. The first-order chi connectivity index (χ1) is 15.1. The summed E-state index contributed by atoms with van der Waals surface area (Å²) in [6.07, 6.45) is -7.09. The highest BCUT2D eigenvalue weighted by Crippen LogP contribution is 2.31. The number of ether oxygens (including phenoxy) is 1. The van der Waals surface area contributed by atoms with E-state index < -0.39 is 76.3 Å². The molecule has 1 atom stereocenters. The number of rotatable bonds is 7. The van der Waals surface area contributed by atoms with Crippen molar-refractivity contribution in [3.63, 3.8) is 0 Å². The highest BCUT2D eigenvalue weighted by atomic mass is 35.5. The Labute approximate surface area is 186 Å². The summed E-state index contributed by atoms with van der Waals surface area (Å²) >= 11 is 5.87. The number of carbonyl (C=O) groups excluding carboxylic acids is 1. The molecule has 2 N–H and O–H groups in total. The second-order valence-corrected chi connectivity index (χ2v) is 7.05. The van der Waals surface area contributed by atoms with Gasteiger partial charge in [0, 0.05) is 19.2 Å². The molecule has 33 heavy (non-hydrogen) atoms. The van der Waals surface area contributed by atoms with Crippen molar-refractivity contribution in [1.82, 2.24) is 14.2 Å². The molecule has 0 spiro atoms. The van der Waals surface area contributed by atoms with E-state index in [1.54, 1.807) is 0 Å². The molecule has 0 bridgehead atoms. The van der Waals surface area contributed by atoms with Crippen LogP contribution in [0.3, 0.4) is 0 Å². The van der Waals surface area contributed by atoms with Crippen LogP contribution in [0, 0.1) is 5.82 Å². The van der Waals surface area contributed by atoms with Crippen molar-refractivity contribution < 1.29 is 42.2 Å². The molecule has 180 valence electrons. The van der Waals surface area contributed by atoms with E-state index in [1.165, 1.54) is 0 Å². The largest absolute Gasteiger partial charge is 0.481 e. The Balaban J connectivity index is 2.48. The molecule has 1 aromatic heterocycles. The average molecular weight is 498 g/mol. The minimum Gasteiger partial charge on any atom is -0.481 e. The summed E-state index contributed by atoms with van der Waals surface area (Å²) in [6, 6.07) is 1.43. The van der Waals surface area contributed by atoms with E-state index in [0.717, 1.165) is 20.0 Å². The quantitative estimate of drug-likeness (QED) is 0.339. The van der Waals surface area contributed by atoms with Crippen LogP contribution in [0.4, 0.5) is 17.6 Å². The topological polar surface area (TPSA) is 131 Å². The van der Waals surface area contributed by atoms with E-state index in [9.17, 15) is 41.9 Å². The summed E-state index contributed by atoms with van der Waals surface area (Å²) in [7, 11) is 0.736. The van der Waals surface area contributed by atoms with Crippen LogP contribution in [0.5, 0.6) is 5.75 Å². The maximum atomic E-state index is 14.5. The normalized spacial score (nSPS) is 12.4. The number of aromatic nitrogens is 2. The number of carbonyl (C=O) groups is 2. The first-order valence-corrected chi connectivity index (χ1v) is 9.31. The van der Waals surface area contributed by atoms with Crippen molar-refractivity contribution in [3.8, 4) is 11.4 Å². The van der Waals surface area contributed by atoms with E-state index in [0.29, 0.717) is 6.07 Å². The summed E-state index contributed by atoms with van der Waals surface area (Å²) in [6.45, 7) is 0.566. The van der Waals surface area contributed by atoms with Gasteiger partial charge in [0.15, 0.2) is 6.10 Å². The molecule has 0 aliphatic rings. The highest BCUT2D eigenvalue weighted by molar-refractivity contribution is 6.32. The van der Waals surface area contributed by atoms with Crippen molar-refractivity contribution in [2.75, 3.05) is 6.54 Å². The van der Waals surface area contributed by atoms with Crippen LogP contribution in [0.25, 0.3) is 5.69 Å². The maximum absolute atomic E-state index is 14.5. The lowest BCUT2D eigenvalue weighted by Crippen LogP contribution is -2.41. The number of nitrogens with zero attached hydrogens (tertiary/aromatic N) is 3. The van der Waals surface area contributed by atoms with Gasteiger partial charge in [-0.05, 0) is 13.0 Å². The molecule has 10 nitrogen and oxygen atoms in total. The zero-order chi connectivity index (χ0) is 25.2. The predicted molar refractivity (Wildman–Crippen MR) is 103 cm³/mol. The molecule has 0 saturated heterocycles. The number of aliphatic carboxylic acids is 1. The molecule has 1 unspecified atom stereocenters. The lowest BCUT2D eigenvalue weighted by molar-refractivity contribution is -0.173. The number of alkyl halides is 3. The van der Waals surface area contributed by atoms with Crippen LogP contribution >= 0.6 is 11.6 Å². The van der Waals surface area contributed by atoms with Crippen LogP contribution in [0.1, 0.15) is 19.0 Å². The third-order valence-corrected chi connectivity index (χ3v) is 4.59. The molecule has 15 heteroatoms. The van der Waals surface area contributed by atoms with Crippen molar-refractivity contribution in [2.45, 2.75) is 25.6 Å². The Morgan fingerprint density at radius 3 is 2.39 bits per heavy atom. The van der Waals surface area contributed by atoms with Gasteiger partial charge >= 0.3 is 17.8 Å². The zero-order valence-corrected chi connectivity index (χ0v) is 17.6. The van der Waals surface area contributed by atoms with E-state index in [4.69, 9.17) is 21.4 Å². The number of benzene rings is 1. The van der Waals surface area contributed by atoms with Crippen LogP contribution in [-0.4, -0.2) is 49.0 Å². The van der Waals surface area contributed by atoms with Gasteiger partial charge in [0.05, 0.1) is 23.7 Å². The van der Waals surface area contributed by atoms with Gasteiger partial charge in [0.1, 0.15) is 17.3 Å². The fraction of sp³-hybridized carbons (Fsp3) is 0.333. The van der Waals surface area contributed by atoms with Crippen LogP contribution in [-0.2, 0) is 22.8 Å². The molecule has 2 rings (SSSR count). The number of hydroxylamine groups is 2. The molecule has 1 heterocycles. The lowest BCUT2D eigenvalue weighted by atomic mass is 10.2. The van der Waals surface area contributed by atoms with Gasteiger partial charge in [-0.2, -0.15) is 13.2 Å². The van der Waals surface area contributed by atoms with Gasteiger partial charge in [-0.25, -0.2) is 18.8 Å². The van der Waals surface area contributed by atoms with Gasteiger partial charge in [-0.3, -0.25) is 24.2 Å². The van der Waals surface area contributed by atoms with Gasteiger partial charge < -0.3 is 9.84 Å². The van der Waals surface area contributed by atoms with E-state index in [2.05, 4.69) is 0 Å². The van der Waals surface area contributed by atoms with Crippen LogP contribution < -0.4 is 16.0 Å². The number of carboxylic acids is 1. The second-order valence-electron chi connectivity index (χ2n) is 6.64. The molecule has 0 saturated carbocycles. The molecule has 0 radical (unpaired) electrons. The van der Waals surface area contributed by atoms with Crippen molar-refractivity contribution in [2.24, 2.45) is 7.05 Å². The van der Waals surface area contributed by atoms with Gasteiger partial charge in [0.2, 0.25) is 0 Å². The molecular formula is C18H16ClF4N3O7. The SMILES string of the molecule is CC(Oc1cc(-n2c(=O)cc(C(F)(F)F)n(C)c2=O)c(F)cc1Cl)C(=O)N(O)CCC(=O)O. The summed E-state index contributed by atoms with van der Waals surface area (Å²) in [5, 5.41) is 17.9. The highest BCUT2D eigenvalue weighted by Gasteiger charge is 2.35. The van der Waals surface area contributed by atoms with E-state index in [1.807, 2.05) is 0 Å². The number of carboxylic acid groups (broad SMARTS) is 1. The van der Waals surface area contributed by atoms with Crippen molar-refractivity contribution in [1.29, 1.82) is 0 Å². The Morgan fingerprint density at radius 2 is 1.85 bits per heavy atom. The van der Waals surface area contributed by atoms with Gasteiger partial charge in [-0.1, -0.05) is 11.6 Å². The van der Waals surface area contributed by atoms with Crippen LogP contribution in [0.15, 0.2) is 27.8 Å². The fourth-order valence-corrected chi connectivity index (χ4v) is 2.86. The molecule has 1 amide bonds. The summed E-state index contributed by atoms with van der Waals surface area (Å²) < 4.78 is 59.0. The predicted octanol–water partition coefficient (Wildman–Crippen LogP) is 1.81. The first kappa shape index (κ1) is 25.9. The minimum atomic E-state index is -5.02. The van der Waals surface area contributed by atoms with Crippen LogP contribution in [0.2, 0.25) is 5.02 Å². The van der Waals surface area contributed by atoms with Crippen molar-refractivity contribution in [3.05, 3.63) is 55.6 Å². The summed E-state index contributed by atoms with van der Waals surface area (Å²) in [4.78, 5) is 47.3. The van der Waals surface area contributed by atoms with E-state index in [-0.39, 0.29) is 20.3 Å². The summed E-state index contributed by atoms with van der Waals surface area (Å²) in [5.41, 5.74) is -5.36. The Hall–Kier alpha value is -3.39. The smallest absolute Gasteiger partial charge is 0.431 e. The van der Waals surface area contributed by atoms with E-state index >= 15 is 0 Å². The molecule has 1 aromatic carbocycles. The molecular weight excluding hydrogens is 482 g/mol. The number of hydrogen-bond donors (Lipinski definition) is 2. The lowest BCUT2D eigenvalue weighted by Gasteiger charge is -2.21. The maximum Gasteiger partial charge on any atom is 0.431 e. The monoisotopic (exact) mass is 497 g/mol. The fourth-order valence-electron chi connectivity index (χ4n) is 2.66. The molecule has 0 aliphatic carbocycles. The third kappa shape index (κ3) is 5.70. The molecule has 2 aromatic rings. The Kier molecular flexibility index (Phi) is 7.54. The minimum absolute atomic E-state index is 0.0766. The third-order valence-electron chi connectivity index (χ3n) is 4.30. The van der Waals surface area contributed by atoms with Gasteiger partial charge in [-0.15, -0.1) is 0 Å². The zero-order valence-electron chi connectivity index (χ0n) is 16.9. The summed E-state index contributed by atoms with van der Waals surface area (Å²) in [5.74, 6) is -4.09. The number of hydrogen-bond acceptors (Lipinski definition) is 6. The Morgan fingerprint density at radius 1 is 1.24 bits per heavy atom. The average Bonchev–Trinajstić information content (AvgIpc) is 2.70. The number of amides is 1. The number of halogens is 5. The second kappa shape index (κ2) is 9.62. The van der Waals surface area contributed by atoms with Gasteiger partial charge in [0.25, 0.3) is 11.5 Å². The van der Waals surface area contributed by atoms with Crippen molar-refractivity contribution >= 4 is 23.5 Å². The Bertz CT molecular complexity index is 1210. The molecule has 0 fully saturated rings. The first-order valence-electron chi connectivity index (χ1n) is 8.93. The standard InChI is InChI=1S/C18H16ClF4N3O7/c1-8(16(30)25(32)4-3-15(28)29)33-12-6-11(10(20)5-9(12)19)26-14(27)7-13(18(21,22)23)24(2)17(26)31/h5-8,32H,3-4H2,1-2H3,(H,28,29).